The molecule has 3 atom stereocenters. The van der Waals surface area contributed by atoms with Crippen molar-refractivity contribution in [3.63, 3.8) is 0 Å². The molecule has 2 rings (SSSR count). The average Bonchev–Trinajstić information content (AvgIpc) is 2.63. The highest BCUT2D eigenvalue weighted by Gasteiger charge is 2.44. The van der Waals surface area contributed by atoms with E-state index >= 15 is 0 Å². The number of esters is 1. The molecule has 0 aromatic heterocycles. The maximum Gasteiger partial charge on any atom is 0.338 e. The molecule has 5 nitrogen and oxygen atoms in total. The van der Waals surface area contributed by atoms with Gasteiger partial charge in [-0.25, -0.2) is 4.79 Å². The van der Waals surface area contributed by atoms with Crippen LogP contribution in [0.3, 0.4) is 0 Å². The van der Waals surface area contributed by atoms with E-state index in [0.717, 1.165) is 5.56 Å². The molecule has 92 valence electrons. The lowest BCUT2D eigenvalue weighted by atomic mass is 10.1. The van der Waals surface area contributed by atoms with Crippen LogP contribution in [0.25, 0.3) is 0 Å². The Balaban J connectivity index is 1.93. The third-order valence-corrected chi connectivity index (χ3v) is 2.64. The summed E-state index contributed by atoms with van der Waals surface area (Å²) >= 11 is 0. The maximum atomic E-state index is 11.4. The Hall–Kier alpha value is -1.43. The smallest absolute Gasteiger partial charge is 0.338 e. The average molecular weight is 238 g/mol. The Kier molecular flexibility index (Phi) is 3.73. The zero-order valence-corrected chi connectivity index (χ0v) is 9.15. The van der Waals surface area contributed by atoms with Gasteiger partial charge >= 0.3 is 5.97 Å². The van der Waals surface area contributed by atoms with Crippen LogP contribution in [0.5, 0.6) is 0 Å². The van der Waals surface area contributed by atoms with Crippen molar-refractivity contribution in [2.45, 2.75) is 24.9 Å². The number of carbonyl (C=O) groups excluding carboxylic acids is 1. The first kappa shape index (κ1) is 12.0. The number of aliphatic hydroxyl groups excluding tert-OH is 2. The predicted octanol–water partition coefficient (Wildman–Crippen LogP) is -0.150. The van der Waals surface area contributed by atoms with Crippen LogP contribution >= 0.6 is 0 Å². The number of aliphatic hydroxyl groups is 2. The molecule has 0 spiro atoms. The van der Waals surface area contributed by atoms with E-state index in [9.17, 15) is 9.90 Å². The SMILES string of the molecule is O=C1O[C@H](CO)[C@@H](O)[C@@H]1OCc1ccccc1. The van der Waals surface area contributed by atoms with Gasteiger partial charge in [0, 0.05) is 0 Å². The van der Waals surface area contributed by atoms with Gasteiger partial charge in [-0.2, -0.15) is 0 Å². The molecule has 0 bridgehead atoms. The fourth-order valence-electron chi connectivity index (χ4n) is 1.69. The normalized spacial score (nSPS) is 28.1. The predicted molar refractivity (Wildman–Crippen MR) is 58.0 cm³/mol. The van der Waals surface area contributed by atoms with Gasteiger partial charge in [-0.1, -0.05) is 30.3 Å². The number of hydrogen-bond acceptors (Lipinski definition) is 5. The third-order valence-electron chi connectivity index (χ3n) is 2.64. The van der Waals surface area contributed by atoms with Gasteiger partial charge in [0.2, 0.25) is 0 Å². The van der Waals surface area contributed by atoms with Crippen molar-refractivity contribution >= 4 is 5.97 Å². The Morgan fingerprint density at radius 3 is 2.59 bits per heavy atom. The third kappa shape index (κ3) is 2.63. The standard InChI is InChI=1S/C12H14O5/c13-6-9-10(14)11(12(15)17-9)16-7-8-4-2-1-3-5-8/h1-5,9-11,13-14H,6-7H2/t9-,10-,11+/m1/s1. The molecule has 0 unspecified atom stereocenters. The molecule has 5 heteroatoms. The second kappa shape index (κ2) is 5.27. The quantitative estimate of drug-likeness (QED) is 0.713. The number of carbonyl (C=O) groups is 1. The molecule has 1 aliphatic heterocycles. The summed E-state index contributed by atoms with van der Waals surface area (Å²) in [6.45, 7) is -0.187. The Morgan fingerprint density at radius 1 is 1.29 bits per heavy atom. The first-order valence-corrected chi connectivity index (χ1v) is 5.37. The highest BCUT2D eigenvalue weighted by molar-refractivity contribution is 5.78. The molecule has 2 N–H and O–H groups in total. The second-order valence-corrected chi connectivity index (χ2v) is 3.87. The number of hydrogen-bond donors (Lipinski definition) is 2. The summed E-state index contributed by atoms with van der Waals surface area (Å²) in [6, 6.07) is 9.31. The molecule has 1 aromatic carbocycles. The van der Waals surface area contributed by atoms with Crippen LogP contribution in [-0.4, -0.2) is 41.1 Å². The highest BCUT2D eigenvalue weighted by Crippen LogP contribution is 2.19. The van der Waals surface area contributed by atoms with Gasteiger partial charge in [-0.15, -0.1) is 0 Å². The molecule has 1 saturated heterocycles. The minimum Gasteiger partial charge on any atom is -0.455 e. The van der Waals surface area contributed by atoms with Gasteiger partial charge in [0.15, 0.2) is 12.2 Å². The van der Waals surface area contributed by atoms with Crippen molar-refractivity contribution in [3.8, 4) is 0 Å². The van der Waals surface area contributed by atoms with Gasteiger partial charge < -0.3 is 19.7 Å². The lowest BCUT2D eigenvalue weighted by Crippen LogP contribution is -2.34. The highest BCUT2D eigenvalue weighted by atomic mass is 16.6. The first-order chi connectivity index (χ1) is 8.22. The minimum absolute atomic E-state index is 0.218. The molecule has 0 saturated carbocycles. The molecular formula is C12H14O5. The Bertz CT molecular complexity index is 378. The zero-order chi connectivity index (χ0) is 12.3. The Labute approximate surface area is 98.6 Å². The monoisotopic (exact) mass is 238 g/mol. The summed E-state index contributed by atoms with van der Waals surface area (Å²) in [5.41, 5.74) is 0.903. The summed E-state index contributed by atoms with van der Waals surface area (Å²) < 4.78 is 10.1. The van der Waals surface area contributed by atoms with E-state index in [0.29, 0.717) is 0 Å². The summed E-state index contributed by atoms with van der Waals surface area (Å²) in [5.74, 6) is -0.632. The maximum absolute atomic E-state index is 11.4. The number of ether oxygens (including phenoxy) is 2. The van der Waals surface area contributed by atoms with Gasteiger partial charge in [0.1, 0.15) is 6.10 Å². The number of benzene rings is 1. The molecule has 1 aromatic rings. The van der Waals surface area contributed by atoms with Crippen molar-refractivity contribution in [1.29, 1.82) is 0 Å². The fraction of sp³-hybridized carbons (Fsp3) is 0.417. The fourth-order valence-corrected chi connectivity index (χ4v) is 1.69. The molecule has 1 fully saturated rings. The van der Waals surface area contributed by atoms with E-state index in [1.54, 1.807) is 0 Å². The van der Waals surface area contributed by atoms with Gasteiger partial charge in [-0.05, 0) is 5.56 Å². The number of rotatable bonds is 4. The molecule has 0 amide bonds. The van der Waals surface area contributed by atoms with Crippen molar-refractivity contribution in [3.05, 3.63) is 35.9 Å². The summed E-state index contributed by atoms with van der Waals surface area (Å²) in [7, 11) is 0. The Morgan fingerprint density at radius 2 is 2.00 bits per heavy atom. The second-order valence-electron chi connectivity index (χ2n) is 3.87. The molecule has 1 heterocycles. The van der Waals surface area contributed by atoms with Crippen molar-refractivity contribution in [2.24, 2.45) is 0 Å². The van der Waals surface area contributed by atoms with Crippen LogP contribution in [0.2, 0.25) is 0 Å². The van der Waals surface area contributed by atoms with Gasteiger partial charge in [-0.3, -0.25) is 0 Å². The minimum atomic E-state index is -1.11. The molecule has 17 heavy (non-hydrogen) atoms. The van der Waals surface area contributed by atoms with Crippen LogP contribution in [0.1, 0.15) is 5.56 Å². The van der Waals surface area contributed by atoms with Crippen molar-refractivity contribution < 1.29 is 24.5 Å². The van der Waals surface area contributed by atoms with Crippen LogP contribution in [0.15, 0.2) is 30.3 Å². The van der Waals surface area contributed by atoms with E-state index in [1.165, 1.54) is 0 Å². The van der Waals surface area contributed by atoms with Crippen LogP contribution in [-0.2, 0) is 20.9 Å². The summed E-state index contributed by atoms with van der Waals surface area (Å²) in [4.78, 5) is 11.4. The molecule has 0 radical (unpaired) electrons. The lowest BCUT2D eigenvalue weighted by Gasteiger charge is -2.13. The molecular weight excluding hydrogens is 224 g/mol. The zero-order valence-electron chi connectivity index (χ0n) is 9.15. The topological polar surface area (TPSA) is 76.0 Å². The van der Waals surface area contributed by atoms with E-state index in [1.807, 2.05) is 30.3 Å². The molecule has 1 aliphatic rings. The summed E-state index contributed by atoms with van der Waals surface area (Å²) in [5, 5.41) is 18.5. The number of cyclic esters (lactones) is 1. The lowest BCUT2D eigenvalue weighted by molar-refractivity contribution is -0.151. The molecule has 0 aliphatic carbocycles. The largest absolute Gasteiger partial charge is 0.455 e. The van der Waals surface area contributed by atoms with E-state index in [2.05, 4.69) is 0 Å². The van der Waals surface area contributed by atoms with E-state index < -0.39 is 30.9 Å². The van der Waals surface area contributed by atoms with Crippen molar-refractivity contribution in [2.75, 3.05) is 6.61 Å². The first-order valence-electron chi connectivity index (χ1n) is 5.37. The van der Waals surface area contributed by atoms with Crippen LogP contribution in [0, 0.1) is 0 Å². The van der Waals surface area contributed by atoms with Crippen LogP contribution < -0.4 is 0 Å². The van der Waals surface area contributed by atoms with Gasteiger partial charge in [0.05, 0.1) is 13.2 Å². The van der Waals surface area contributed by atoms with Crippen molar-refractivity contribution in [1.82, 2.24) is 0 Å². The van der Waals surface area contributed by atoms with E-state index in [-0.39, 0.29) is 6.61 Å². The van der Waals surface area contributed by atoms with Crippen LogP contribution in [0.4, 0.5) is 0 Å². The van der Waals surface area contributed by atoms with E-state index in [4.69, 9.17) is 14.6 Å². The summed E-state index contributed by atoms with van der Waals surface area (Å²) in [6.07, 6.45) is -3.02. The van der Waals surface area contributed by atoms with Gasteiger partial charge in [0.25, 0.3) is 0 Å².